The summed E-state index contributed by atoms with van der Waals surface area (Å²) in [7, 11) is 0. The van der Waals surface area contributed by atoms with Crippen LogP contribution in [0.25, 0.3) is 16.0 Å². The molecule has 1 atom stereocenters. The van der Waals surface area contributed by atoms with Gasteiger partial charge in [-0.1, -0.05) is 17.4 Å². The molecule has 9 nitrogen and oxygen atoms in total. The highest BCUT2D eigenvalue weighted by atomic mass is 32.1. The molecule has 1 N–H and O–H groups in total. The highest BCUT2D eigenvalue weighted by Gasteiger charge is 2.48. The molecule has 0 aliphatic carbocycles. The van der Waals surface area contributed by atoms with Gasteiger partial charge in [-0.25, -0.2) is 9.37 Å². The van der Waals surface area contributed by atoms with Crippen LogP contribution in [-0.2, 0) is 9.59 Å². The summed E-state index contributed by atoms with van der Waals surface area (Å²) >= 11 is 1.00. The van der Waals surface area contributed by atoms with E-state index in [2.05, 4.69) is 9.97 Å². The fraction of sp³-hybridized carbons (Fsp3) is 0.0833. The van der Waals surface area contributed by atoms with Crippen molar-refractivity contribution in [1.29, 1.82) is 0 Å². The molecule has 0 bridgehead atoms. The molecule has 1 fully saturated rings. The number of nitro benzene ring substituents is 1. The Morgan fingerprint density at radius 1 is 1.17 bits per heavy atom. The number of amides is 1. The molecule has 174 valence electrons. The highest BCUT2D eigenvalue weighted by Crippen LogP contribution is 2.44. The summed E-state index contributed by atoms with van der Waals surface area (Å²) < 4.78 is 14.2. The lowest BCUT2D eigenvalue weighted by molar-refractivity contribution is -0.384. The minimum absolute atomic E-state index is 0.118. The van der Waals surface area contributed by atoms with Gasteiger partial charge in [-0.3, -0.25) is 29.6 Å². The van der Waals surface area contributed by atoms with Gasteiger partial charge in [0.2, 0.25) is 0 Å². The molecule has 2 aromatic heterocycles. The lowest BCUT2D eigenvalue weighted by Gasteiger charge is -2.22. The van der Waals surface area contributed by atoms with Crippen molar-refractivity contribution < 1.29 is 24.0 Å². The number of carbonyl (C=O) groups is 2. The van der Waals surface area contributed by atoms with E-state index in [-0.39, 0.29) is 27.5 Å². The van der Waals surface area contributed by atoms with Crippen LogP contribution in [0.2, 0.25) is 0 Å². The van der Waals surface area contributed by atoms with Crippen LogP contribution in [0.15, 0.2) is 66.4 Å². The number of hydrogen-bond donors (Lipinski definition) is 1. The van der Waals surface area contributed by atoms with E-state index >= 15 is 0 Å². The van der Waals surface area contributed by atoms with Crippen molar-refractivity contribution >= 4 is 49.8 Å². The Morgan fingerprint density at radius 3 is 2.66 bits per heavy atom. The van der Waals surface area contributed by atoms with Gasteiger partial charge in [0.25, 0.3) is 11.5 Å². The molecule has 1 unspecified atom stereocenters. The fourth-order valence-corrected chi connectivity index (χ4v) is 4.94. The molecule has 11 heteroatoms. The van der Waals surface area contributed by atoms with Crippen LogP contribution in [0.1, 0.15) is 22.9 Å². The topological polar surface area (TPSA) is 127 Å². The van der Waals surface area contributed by atoms with Crippen LogP contribution in [-0.4, -0.2) is 31.7 Å². The summed E-state index contributed by atoms with van der Waals surface area (Å²) in [6.07, 6.45) is 1.49. The first-order chi connectivity index (χ1) is 16.8. The van der Waals surface area contributed by atoms with Crippen LogP contribution in [0.4, 0.5) is 15.2 Å². The van der Waals surface area contributed by atoms with Crippen LogP contribution in [0.3, 0.4) is 0 Å². The molecule has 1 aliphatic rings. The average molecular weight is 490 g/mol. The van der Waals surface area contributed by atoms with Crippen LogP contribution in [0, 0.1) is 22.9 Å². The second-order valence-corrected chi connectivity index (χ2v) is 8.80. The number of Topliss-reactive ketones (excluding diaryl/α,β-unsaturated/α-hetero) is 1. The van der Waals surface area contributed by atoms with Gasteiger partial charge in [-0.15, -0.1) is 0 Å². The number of anilines is 1. The van der Waals surface area contributed by atoms with E-state index in [0.29, 0.717) is 15.9 Å². The SMILES string of the molecule is Cc1cc(/C(O)=C2\C(=O)C(=O)N(c3nc4ccc([N+](=O)[O-])cc4s3)C2c2ccccn2)ccc1F. The molecule has 3 heterocycles. The van der Waals surface area contributed by atoms with Gasteiger partial charge in [-0.05, 0) is 48.9 Å². The first-order valence-corrected chi connectivity index (χ1v) is 11.1. The number of aryl methyl sites for hydroxylation is 1. The van der Waals surface area contributed by atoms with Crippen LogP contribution < -0.4 is 4.90 Å². The number of fused-ring (bicyclic) bond motifs is 1. The number of nitrogens with zero attached hydrogens (tertiary/aromatic N) is 4. The molecule has 1 saturated heterocycles. The van der Waals surface area contributed by atoms with Crippen molar-refractivity contribution in [2.75, 3.05) is 4.90 Å². The molecule has 5 rings (SSSR count). The van der Waals surface area contributed by atoms with Crippen LogP contribution >= 0.6 is 11.3 Å². The Hall–Kier alpha value is -4.51. The van der Waals surface area contributed by atoms with Gasteiger partial charge in [0.05, 0.1) is 26.4 Å². The maximum atomic E-state index is 13.8. The van der Waals surface area contributed by atoms with E-state index in [1.54, 1.807) is 18.2 Å². The Bertz CT molecular complexity index is 1570. The summed E-state index contributed by atoms with van der Waals surface area (Å²) in [5.41, 5.74) is 0.782. The summed E-state index contributed by atoms with van der Waals surface area (Å²) in [6.45, 7) is 1.52. The van der Waals surface area contributed by atoms with E-state index in [4.69, 9.17) is 0 Å². The molecular formula is C24H15FN4O5S. The standard InChI is InChI=1S/C24H15FN4O5S/c1-12-10-13(5-7-15(12)25)21(30)19-20(17-4-2-3-9-26-17)28(23(32)22(19)31)24-27-16-8-6-14(29(33)34)11-18(16)35-24/h2-11,20,30H,1H3/b21-19+. The molecule has 1 amide bonds. The minimum Gasteiger partial charge on any atom is -0.507 e. The van der Waals surface area contributed by atoms with Crippen molar-refractivity contribution in [1.82, 2.24) is 9.97 Å². The third-order valence-corrected chi connectivity index (χ3v) is 6.64. The number of rotatable bonds is 4. The second-order valence-electron chi connectivity index (χ2n) is 7.79. The quantitative estimate of drug-likeness (QED) is 0.145. The molecular weight excluding hydrogens is 475 g/mol. The highest BCUT2D eigenvalue weighted by molar-refractivity contribution is 7.22. The van der Waals surface area contributed by atoms with E-state index < -0.39 is 34.2 Å². The smallest absolute Gasteiger partial charge is 0.301 e. The number of pyridine rings is 1. The zero-order chi connectivity index (χ0) is 24.9. The third-order valence-electron chi connectivity index (χ3n) is 5.62. The Labute approximate surface area is 200 Å². The van der Waals surface area contributed by atoms with Gasteiger partial charge in [0.15, 0.2) is 5.13 Å². The first-order valence-electron chi connectivity index (χ1n) is 10.3. The second kappa shape index (κ2) is 8.37. The number of halogens is 1. The molecule has 35 heavy (non-hydrogen) atoms. The molecule has 0 saturated carbocycles. The normalized spacial score (nSPS) is 17.3. The number of nitro groups is 1. The number of non-ortho nitro benzene ring substituents is 1. The first kappa shape index (κ1) is 22.3. The van der Waals surface area contributed by atoms with E-state index in [1.165, 1.54) is 43.5 Å². The third kappa shape index (κ3) is 3.71. The Balaban J connectivity index is 1.71. The molecule has 0 radical (unpaired) electrons. The monoisotopic (exact) mass is 490 g/mol. The Kier molecular flexibility index (Phi) is 5.33. The van der Waals surface area contributed by atoms with Crippen molar-refractivity contribution in [3.63, 3.8) is 0 Å². The van der Waals surface area contributed by atoms with Crippen molar-refractivity contribution in [2.24, 2.45) is 0 Å². The number of benzene rings is 2. The maximum absolute atomic E-state index is 13.8. The van der Waals surface area contributed by atoms with Gasteiger partial charge in [0, 0.05) is 23.9 Å². The number of aliphatic hydroxyl groups is 1. The number of thiazole rings is 1. The lowest BCUT2D eigenvalue weighted by atomic mass is 9.97. The summed E-state index contributed by atoms with van der Waals surface area (Å²) in [4.78, 5) is 46.8. The molecule has 2 aromatic carbocycles. The van der Waals surface area contributed by atoms with Crippen molar-refractivity contribution in [3.05, 3.63) is 99.1 Å². The van der Waals surface area contributed by atoms with Gasteiger partial charge >= 0.3 is 5.91 Å². The number of hydrogen-bond acceptors (Lipinski definition) is 8. The molecule has 4 aromatic rings. The Morgan fingerprint density at radius 2 is 1.97 bits per heavy atom. The van der Waals surface area contributed by atoms with Crippen molar-refractivity contribution in [2.45, 2.75) is 13.0 Å². The van der Waals surface area contributed by atoms with Crippen LogP contribution in [0.5, 0.6) is 0 Å². The average Bonchev–Trinajstić information content (AvgIpc) is 3.38. The zero-order valence-corrected chi connectivity index (χ0v) is 18.8. The number of aromatic nitrogens is 2. The lowest BCUT2D eigenvalue weighted by Crippen LogP contribution is -2.29. The zero-order valence-electron chi connectivity index (χ0n) is 18.0. The molecule has 1 aliphatic heterocycles. The largest absolute Gasteiger partial charge is 0.507 e. The van der Waals surface area contributed by atoms with Gasteiger partial charge in [-0.2, -0.15) is 0 Å². The molecule has 0 spiro atoms. The predicted octanol–water partition coefficient (Wildman–Crippen LogP) is 4.67. The summed E-state index contributed by atoms with van der Waals surface area (Å²) in [5, 5.41) is 22.4. The van der Waals surface area contributed by atoms with Gasteiger partial charge in [0.1, 0.15) is 17.6 Å². The summed E-state index contributed by atoms with van der Waals surface area (Å²) in [5.74, 6) is -2.84. The minimum atomic E-state index is -1.11. The number of carbonyl (C=O) groups excluding carboxylic acids is 2. The summed E-state index contributed by atoms with van der Waals surface area (Å²) in [6, 6.07) is 11.8. The number of ketones is 1. The fourth-order valence-electron chi connectivity index (χ4n) is 3.91. The predicted molar refractivity (Wildman–Crippen MR) is 126 cm³/mol. The van der Waals surface area contributed by atoms with E-state index in [1.807, 2.05) is 0 Å². The van der Waals surface area contributed by atoms with E-state index in [9.17, 15) is 29.2 Å². The maximum Gasteiger partial charge on any atom is 0.301 e. The van der Waals surface area contributed by atoms with E-state index in [0.717, 1.165) is 22.3 Å². The van der Waals surface area contributed by atoms with Crippen molar-refractivity contribution in [3.8, 4) is 0 Å². The number of aliphatic hydroxyl groups excluding tert-OH is 1. The van der Waals surface area contributed by atoms with Gasteiger partial charge < -0.3 is 5.11 Å².